The fourth-order valence-electron chi connectivity index (χ4n) is 3.50. The smallest absolute Gasteiger partial charge is 0.244 e. The molecular formula is C20H21ClN4O2. The highest BCUT2D eigenvalue weighted by Gasteiger charge is 2.31. The average molecular weight is 385 g/mol. The van der Waals surface area contributed by atoms with Crippen LogP contribution in [0.4, 0.5) is 0 Å². The van der Waals surface area contributed by atoms with E-state index in [4.69, 9.17) is 16.0 Å². The number of carbonyl (C=O) groups is 1. The van der Waals surface area contributed by atoms with Gasteiger partial charge in [0.1, 0.15) is 18.3 Å². The van der Waals surface area contributed by atoms with Crippen LogP contribution in [0.1, 0.15) is 42.5 Å². The number of rotatable bonds is 5. The van der Waals surface area contributed by atoms with Gasteiger partial charge in [-0.25, -0.2) is 4.98 Å². The molecule has 0 bridgehead atoms. The van der Waals surface area contributed by atoms with Gasteiger partial charge in [-0.15, -0.1) is 0 Å². The van der Waals surface area contributed by atoms with Gasteiger partial charge in [-0.2, -0.15) is 5.10 Å². The monoisotopic (exact) mass is 384 g/mol. The van der Waals surface area contributed by atoms with Crippen LogP contribution >= 0.6 is 11.6 Å². The number of amides is 1. The van der Waals surface area contributed by atoms with Crippen LogP contribution in [0, 0.1) is 0 Å². The van der Waals surface area contributed by atoms with Crippen molar-refractivity contribution in [3.05, 3.63) is 71.2 Å². The van der Waals surface area contributed by atoms with E-state index in [9.17, 15) is 4.79 Å². The zero-order chi connectivity index (χ0) is 18.6. The number of halogens is 1. The number of carbonyl (C=O) groups excluding carboxylic acids is 1. The zero-order valence-electron chi connectivity index (χ0n) is 14.9. The average Bonchev–Trinajstić information content (AvgIpc) is 3.36. The maximum absolute atomic E-state index is 12.8. The number of hydrogen-bond acceptors (Lipinski definition) is 4. The summed E-state index contributed by atoms with van der Waals surface area (Å²) in [7, 11) is 0. The Hall–Kier alpha value is -2.60. The van der Waals surface area contributed by atoms with Crippen molar-refractivity contribution in [2.24, 2.45) is 0 Å². The van der Waals surface area contributed by atoms with Crippen molar-refractivity contribution in [1.82, 2.24) is 19.7 Å². The fourth-order valence-corrected chi connectivity index (χ4v) is 3.70. The first-order valence-corrected chi connectivity index (χ1v) is 9.53. The van der Waals surface area contributed by atoms with E-state index in [-0.39, 0.29) is 18.5 Å². The summed E-state index contributed by atoms with van der Waals surface area (Å²) >= 11 is 6.24. The Morgan fingerprint density at radius 3 is 2.96 bits per heavy atom. The van der Waals surface area contributed by atoms with Gasteiger partial charge >= 0.3 is 0 Å². The summed E-state index contributed by atoms with van der Waals surface area (Å²) in [6.45, 7) is 0.948. The SMILES string of the molecule is O=C(Cn1cccn1)N1CCCCC1c1ncc(Cc2ccccc2Cl)o1. The number of benzene rings is 1. The van der Waals surface area contributed by atoms with Gasteiger partial charge in [0, 0.05) is 30.4 Å². The molecule has 0 aliphatic carbocycles. The van der Waals surface area contributed by atoms with Crippen molar-refractivity contribution < 1.29 is 9.21 Å². The van der Waals surface area contributed by atoms with E-state index in [1.807, 2.05) is 35.2 Å². The van der Waals surface area contributed by atoms with Crippen LogP contribution in [-0.4, -0.2) is 32.1 Å². The lowest BCUT2D eigenvalue weighted by atomic mass is 10.0. The van der Waals surface area contributed by atoms with E-state index in [0.717, 1.165) is 30.6 Å². The van der Waals surface area contributed by atoms with Crippen molar-refractivity contribution in [3.8, 4) is 0 Å². The fraction of sp³-hybridized carbons (Fsp3) is 0.350. The topological polar surface area (TPSA) is 64.2 Å². The number of oxazole rings is 1. The Kier molecular flexibility index (Phi) is 5.25. The molecule has 1 amide bonds. The van der Waals surface area contributed by atoms with E-state index in [2.05, 4.69) is 10.1 Å². The molecule has 2 aromatic heterocycles. The summed E-state index contributed by atoms with van der Waals surface area (Å²) in [5, 5.41) is 4.84. The lowest BCUT2D eigenvalue weighted by Crippen LogP contribution is -2.40. The van der Waals surface area contributed by atoms with E-state index in [1.54, 1.807) is 23.3 Å². The van der Waals surface area contributed by atoms with Crippen LogP contribution in [0.25, 0.3) is 0 Å². The largest absolute Gasteiger partial charge is 0.443 e. The molecule has 1 aliphatic rings. The molecule has 0 saturated carbocycles. The van der Waals surface area contributed by atoms with Gasteiger partial charge in [0.15, 0.2) is 0 Å². The first-order valence-electron chi connectivity index (χ1n) is 9.15. The molecular weight excluding hydrogens is 364 g/mol. The lowest BCUT2D eigenvalue weighted by molar-refractivity contribution is -0.136. The van der Waals surface area contributed by atoms with Crippen LogP contribution in [0.5, 0.6) is 0 Å². The van der Waals surface area contributed by atoms with Gasteiger partial charge < -0.3 is 9.32 Å². The number of aromatic nitrogens is 3. The first kappa shape index (κ1) is 17.8. The van der Waals surface area contributed by atoms with Crippen molar-refractivity contribution in [2.45, 2.75) is 38.3 Å². The third kappa shape index (κ3) is 4.06. The van der Waals surface area contributed by atoms with Crippen molar-refractivity contribution in [2.75, 3.05) is 6.54 Å². The minimum absolute atomic E-state index is 0.0363. The molecule has 1 saturated heterocycles. The molecule has 4 rings (SSSR count). The molecule has 1 atom stereocenters. The Morgan fingerprint density at radius 1 is 1.26 bits per heavy atom. The van der Waals surface area contributed by atoms with Gasteiger partial charge in [0.2, 0.25) is 11.8 Å². The quantitative estimate of drug-likeness (QED) is 0.669. The summed E-state index contributed by atoms with van der Waals surface area (Å²) in [6.07, 6.45) is 8.70. The van der Waals surface area contributed by atoms with E-state index >= 15 is 0 Å². The Morgan fingerprint density at radius 2 is 2.15 bits per heavy atom. The van der Waals surface area contributed by atoms with Gasteiger partial charge in [0.25, 0.3) is 0 Å². The summed E-state index contributed by atoms with van der Waals surface area (Å²) in [5.41, 5.74) is 0.997. The van der Waals surface area contributed by atoms with Crippen molar-refractivity contribution in [3.63, 3.8) is 0 Å². The summed E-state index contributed by atoms with van der Waals surface area (Å²) in [6, 6.07) is 9.39. The maximum atomic E-state index is 12.8. The minimum atomic E-state index is -0.123. The van der Waals surface area contributed by atoms with Gasteiger partial charge in [-0.05, 0) is 37.0 Å². The molecule has 0 spiro atoms. The number of likely N-dealkylation sites (tertiary alicyclic amines) is 1. The number of hydrogen-bond donors (Lipinski definition) is 0. The maximum Gasteiger partial charge on any atom is 0.244 e. The molecule has 7 heteroatoms. The van der Waals surface area contributed by atoms with E-state index in [1.165, 1.54) is 0 Å². The summed E-state index contributed by atoms with van der Waals surface area (Å²) < 4.78 is 7.66. The molecule has 1 aliphatic heterocycles. The first-order chi connectivity index (χ1) is 13.2. The van der Waals surface area contributed by atoms with E-state index < -0.39 is 0 Å². The number of piperidine rings is 1. The number of nitrogens with zero attached hydrogens (tertiary/aromatic N) is 4. The Balaban J connectivity index is 1.50. The second-order valence-electron chi connectivity index (χ2n) is 6.74. The Bertz CT molecular complexity index is 906. The molecule has 140 valence electrons. The summed E-state index contributed by atoms with van der Waals surface area (Å²) in [4.78, 5) is 19.1. The highest BCUT2D eigenvalue weighted by atomic mass is 35.5. The lowest BCUT2D eigenvalue weighted by Gasteiger charge is -2.33. The second kappa shape index (κ2) is 7.96. The van der Waals surface area contributed by atoms with Crippen LogP contribution in [0.15, 0.2) is 53.3 Å². The summed E-state index contributed by atoms with van der Waals surface area (Å²) in [5.74, 6) is 1.39. The highest BCUT2D eigenvalue weighted by molar-refractivity contribution is 6.31. The molecule has 1 aromatic carbocycles. The molecule has 27 heavy (non-hydrogen) atoms. The van der Waals surface area contributed by atoms with Crippen LogP contribution in [-0.2, 0) is 17.8 Å². The third-order valence-electron chi connectivity index (χ3n) is 4.86. The molecule has 1 fully saturated rings. The predicted molar refractivity (Wildman–Crippen MR) is 101 cm³/mol. The molecule has 0 radical (unpaired) electrons. The second-order valence-corrected chi connectivity index (χ2v) is 7.14. The zero-order valence-corrected chi connectivity index (χ0v) is 15.7. The highest BCUT2D eigenvalue weighted by Crippen LogP contribution is 2.31. The van der Waals surface area contributed by atoms with Gasteiger partial charge in [0.05, 0.1) is 6.20 Å². The van der Waals surface area contributed by atoms with Crippen molar-refractivity contribution >= 4 is 17.5 Å². The third-order valence-corrected chi connectivity index (χ3v) is 5.23. The minimum Gasteiger partial charge on any atom is -0.443 e. The standard InChI is InChI=1S/C20H21ClN4O2/c21-17-7-2-1-6-15(17)12-16-13-22-20(27-16)18-8-3-4-11-25(18)19(26)14-24-10-5-9-23-24/h1-2,5-7,9-10,13,18H,3-4,8,11-12,14H2. The van der Waals surface area contributed by atoms with Gasteiger partial charge in [-0.1, -0.05) is 29.8 Å². The van der Waals surface area contributed by atoms with Crippen molar-refractivity contribution in [1.29, 1.82) is 0 Å². The van der Waals surface area contributed by atoms with Crippen LogP contribution in [0.3, 0.4) is 0 Å². The molecule has 1 unspecified atom stereocenters. The van der Waals surface area contributed by atoms with Crippen LogP contribution in [0.2, 0.25) is 5.02 Å². The molecule has 3 aromatic rings. The van der Waals surface area contributed by atoms with E-state index in [0.29, 0.717) is 23.9 Å². The normalized spacial score (nSPS) is 17.2. The van der Waals surface area contributed by atoms with Gasteiger partial charge in [-0.3, -0.25) is 9.48 Å². The molecule has 3 heterocycles. The molecule has 0 N–H and O–H groups in total. The Labute approximate surface area is 162 Å². The van der Waals surface area contributed by atoms with Crippen LogP contribution < -0.4 is 0 Å². The molecule has 6 nitrogen and oxygen atoms in total. The predicted octanol–water partition coefficient (Wildman–Crippen LogP) is 3.87.